The summed E-state index contributed by atoms with van der Waals surface area (Å²) in [5.74, 6) is 1.88. The monoisotopic (exact) mass is 311 g/mol. The molecule has 1 fully saturated rings. The normalized spacial score (nSPS) is 20.9. The molecule has 1 aromatic heterocycles. The molecule has 21 heavy (non-hydrogen) atoms. The van der Waals surface area contributed by atoms with E-state index in [2.05, 4.69) is 22.4 Å². The van der Waals surface area contributed by atoms with E-state index in [1.807, 2.05) is 35.2 Å². The SMILES string of the molecule is CCSC1CCCCN(C(=O)NC(C)c2nncn2C)C1. The van der Waals surface area contributed by atoms with E-state index < -0.39 is 0 Å². The van der Waals surface area contributed by atoms with Crippen LogP contribution in [0.2, 0.25) is 0 Å². The molecule has 2 unspecified atom stereocenters. The molecule has 2 rings (SSSR count). The Morgan fingerprint density at radius 3 is 3.05 bits per heavy atom. The number of hydrogen-bond donors (Lipinski definition) is 1. The fourth-order valence-corrected chi connectivity index (χ4v) is 3.77. The molecular weight excluding hydrogens is 286 g/mol. The number of likely N-dealkylation sites (tertiary alicyclic amines) is 1. The Labute approximate surface area is 130 Å². The molecule has 1 saturated heterocycles. The van der Waals surface area contributed by atoms with Crippen molar-refractivity contribution in [2.45, 2.75) is 44.4 Å². The summed E-state index contributed by atoms with van der Waals surface area (Å²) in [6.07, 6.45) is 5.16. The maximum atomic E-state index is 12.5. The lowest BCUT2D eigenvalue weighted by Crippen LogP contribution is -2.43. The first-order valence-corrected chi connectivity index (χ1v) is 8.67. The minimum Gasteiger partial charge on any atom is -0.328 e. The van der Waals surface area contributed by atoms with Crippen molar-refractivity contribution in [2.75, 3.05) is 18.8 Å². The Morgan fingerprint density at radius 2 is 2.38 bits per heavy atom. The van der Waals surface area contributed by atoms with Crippen molar-refractivity contribution in [1.29, 1.82) is 0 Å². The number of urea groups is 1. The van der Waals surface area contributed by atoms with Gasteiger partial charge in [0.25, 0.3) is 0 Å². The van der Waals surface area contributed by atoms with Crippen molar-refractivity contribution < 1.29 is 4.79 Å². The maximum absolute atomic E-state index is 12.5. The standard InChI is InChI=1S/C14H25N5OS/c1-4-21-12-7-5-6-8-19(9-12)14(20)16-11(2)13-17-15-10-18(13)3/h10-12H,4-9H2,1-3H3,(H,16,20). The summed E-state index contributed by atoms with van der Waals surface area (Å²) in [6, 6.07) is -0.125. The highest BCUT2D eigenvalue weighted by atomic mass is 32.2. The molecule has 2 amide bonds. The molecule has 1 aliphatic heterocycles. The third-order valence-corrected chi connectivity index (χ3v) is 4.98. The summed E-state index contributed by atoms with van der Waals surface area (Å²) < 4.78 is 1.84. The average molecular weight is 311 g/mol. The van der Waals surface area contributed by atoms with Crippen molar-refractivity contribution in [3.8, 4) is 0 Å². The predicted molar refractivity (Wildman–Crippen MR) is 85.3 cm³/mol. The van der Waals surface area contributed by atoms with E-state index in [4.69, 9.17) is 0 Å². The highest BCUT2D eigenvalue weighted by Gasteiger charge is 2.24. The zero-order valence-corrected chi connectivity index (χ0v) is 13.9. The number of rotatable bonds is 4. The van der Waals surface area contributed by atoms with Gasteiger partial charge in [0.1, 0.15) is 6.33 Å². The van der Waals surface area contributed by atoms with Crippen LogP contribution in [0.1, 0.15) is 45.0 Å². The second kappa shape index (κ2) is 7.68. The van der Waals surface area contributed by atoms with Gasteiger partial charge in [0.15, 0.2) is 5.82 Å². The first kappa shape index (κ1) is 16.1. The second-order valence-corrected chi connectivity index (χ2v) is 7.07. The second-order valence-electron chi connectivity index (χ2n) is 5.49. The predicted octanol–water partition coefficient (Wildman–Crippen LogP) is 2.19. The van der Waals surface area contributed by atoms with E-state index in [0.29, 0.717) is 5.25 Å². The third-order valence-electron chi connectivity index (χ3n) is 3.79. The molecule has 7 heteroatoms. The van der Waals surface area contributed by atoms with Gasteiger partial charge in [-0.15, -0.1) is 10.2 Å². The van der Waals surface area contributed by atoms with Gasteiger partial charge in [-0.1, -0.05) is 13.3 Å². The van der Waals surface area contributed by atoms with Gasteiger partial charge in [0.05, 0.1) is 6.04 Å². The molecule has 0 radical (unpaired) electrons. The van der Waals surface area contributed by atoms with E-state index in [9.17, 15) is 4.79 Å². The zero-order chi connectivity index (χ0) is 15.2. The number of aromatic nitrogens is 3. The molecule has 1 aliphatic rings. The van der Waals surface area contributed by atoms with Crippen molar-refractivity contribution in [1.82, 2.24) is 25.0 Å². The molecule has 2 heterocycles. The third kappa shape index (κ3) is 4.36. The average Bonchev–Trinajstić information content (AvgIpc) is 2.73. The van der Waals surface area contributed by atoms with Crippen LogP contribution < -0.4 is 5.32 Å². The molecule has 0 saturated carbocycles. The molecule has 2 atom stereocenters. The Morgan fingerprint density at radius 1 is 1.57 bits per heavy atom. The number of carbonyl (C=O) groups is 1. The largest absolute Gasteiger partial charge is 0.328 e. The summed E-state index contributed by atoms with van der Waals surface area (Å²) in [6.45, 7) is 5.81. The number of thioether (sulfide) groups is 1. The Balaban J connectivity index is 1.93. The quantitative estimate of drug-likeness (QED) is 0.926. The summed E-state index contributed by atoms with van der Waals surface area (Å²) in [5, 5.41) is 11.5. The van der Waals surface area contributed by atoms with Gasteiger partial charge < -0.3 is 14.8 Å². The van der Waals surface area contributed by atoms with Crippen LogP contribution >= 0.6 is 11.8 Å². The Kier molecular flexibility index (Phi) is 5.90. The highest BCUT2D eigenvalue weighted by molar-refractivity contribution is 7.99. The fourth-order valence-electron chi connectivity index (χ4n) is 2.68. The molecular formula is C14H25N5OS. The first-order valence-electron chi connectivity index (χ1n) is 7.62. The molecule has 118 valence electrons. The molecule has 0 bridgehead atoms. The Bertz CT molecular complexity index is 464. The Hall–Kier alpha value is -1.24. The van der Waals surface area contributed by atoms with E-state index in [-0.39, 0.29) is 12.1 Å². The number of nitrogens with zero attached hydrogens (tertiary/aromatic N) is 4. The van der Waals surface area contributed by atoms with Crippen LogP contribution in [-0.2, 0) is 7.05 Å². The number of aryl methyl sites for hydroxylation is 1. The number of carbonyl (C=O) groups excluding carboxylic acids is 1. The summed E-state index contributed by atoms with van der Waals surface area (Å²) in [4.78, 5) is 14.4. The van der Waals surface area contributed by atoms with E-state index >= 15 is 0 Å². The molecule has 1 aromatic rings. The van der Waals surface area contributed by atoms with Crippen LogP contribution in [0.5, 0.6) is 0 Å². The van der Waals surface area contributed by atoms with E-state index in [0.717, 1.165) is 31.1 Å². The lowest BCUT2D eigenvalue weighted by Gasteiger charge is -2.26. The van der Waals surface area contributed by atoms with Gasteiger partial charge in [-0.2, -0.15) is 11.8 Å². The van der Waals surface area contributed by atoms with Gasteiger partial charge in [-0.05, 0) is 25.5 Å². The van der Waals surface area contributed by atoms with Crippen LogP contribution in [0.15, 0.2) is 6.33 Å². The molecule has 0 spiro atoms. The minimum absolute atomic E-state index is 0.00843. The van der Waals surface area contributed by atoms with Gasteiger partial charge in [0, 0.05) is 25.4 Å². The summed E-state index contributed by atoms with van der Waals surface area (Å²) in [5.41, 5.74) is 0. The number of amides is 2. The topological polar surface area (TPSA) is 63.1 Å². The van der Waals surface area contributed by atoms with E-state index in [1.54, 1.807) is 6.33 Å². The fraction of sp³-hybridized carbons (Fsp3) is 0.786. The lowest BCUT2D eigenvalue weighted by atomic mass is 10.2. The van der Waals surface area contributed by atoms with Crippen molar-refractivity contribution in [3.63, 3.8) is 0 Å². The van der Waals surface area contributed by atoms with Gasteiger partial charge in [-0.25, -0.2) is 4.79 Å². The maximum Gasteiger partial charge on any atom is 0.318 e. The van der Waals surface area contributed by atoms with Gasteiger partial charge in [-0.3, -0.25) is 0 Å². The van der Waals surface area contributed by atoms with Crippen LogP contribution in [0.4, 0.5) is 4.79 Å². The van der Waals surface area contributed by atoms with Crippen molar-refractivity contribution in [3.05, 3.63) is 12.2 Å². The first-order chi connectivity index (χ1) is 10.1. The summed E-state index contributed by atoms with van der Waals surface area (Å²) in [7, 11) is 1.89. The van der Waals surface area contributed by atoms with Crippen molar-refractivity contribution in [2.24, 2.45) is 7.05 Å². The highest BCUT2D eigenvalue weighted by Crippen LogP contribution is 2.22. The minimum atomic E-state index is -0.134. The van der Waals surface area contributed by atoms with Crippen LogP contribution in [-0.4, -0.2) is 49.8 Å². The van der Waals surface area contributed by atoms with Gasteiger partial charge >= 0.3 is 6.03 Å². The smallest absolute Gasteiger partial charge is 0.318 e. The van der Waals surface area contributed by atoms with Gasteiger partial charge in [0.2, 0.25) is 0 Å². The number of nitrogens with one attached hydrogen (secondary N) is 1. The van der Waals surface area contributed by atoms with Crippen LogP contribution in [0.3, 0.4) is 0 Å². The molecule has 0 aromatic carbocycles. The summed E-state index contributed by atoms with van der Waals surface area (Å²) >= 11 is 1.96. The molecule has 1 N–H and O–H groups in total. The van der Waals surface area contributed by atoms with E-state index in [1.165, 1.54) is 12.8 Å². The molecule has 6 nitrogen and oxygen atoms in total. The van der Waals surface area contributed by atoms with Crippen LogP contribution in [0.25, 0.3) is 0 Å². The van der Waals surface area contributed by atoms with Crippen molar-refractivity contribution >= 4 is 17.8 Å². The molecule has 0 aliphatic carbocycles. The lowest BCUT2D eigenvalue weighted by molar-refractivity contribution is 0.196. The zero-order valence-electron chi connectivity index (χ0n) is 13.1. The number of hydrogen-bond acceptors (Lipinski definition) is 4. The van der Waals surface area contributed by atoms with Crippen LogP contribution in [0, 0.1) is 0 Å².